The first-order chi connectivity index (χ1) is 9.26. The van der Waals surface area contributed by atoms with E-state index in [0.717, 1.165) is 5.52 Å². The van der Waals surface area contributed by atoms with Crippen LogP contribution >= 0.6 is 0 Å². The number of aromatic nitrogens is 2. The molecule has 0 atom stereocenters. The van der Waals surface area contributed by atoms with Gasteiger partial charge in [0.15, 0.2) is 6.29 Å². The Hall–Kier alpha value is -1.72. The highest BCUT2D eigenvalue weighted by molar-refractivity contribution is 5.77. The van der Waals surface area contributed by atoms with Gasteiger partial charge in [0, 0.05) is 18.6 Å². The van der Waals surface area contributed by atoms with Crippen molar-refractivity contribution in [3.05, 3.63) is 40.7 Å². The van der Waals surface area contributed by atoms with Gasteiger partial charge in [-0.2, -0.15) is 5.10 Å². The van der Waals surface area contributed by atoms with E-state index in [1.54, 1.807) is 10.7 Å². The van der Waals surface area contributed by atoms with E-state index in [4.69, 9.17) is 9.47 Å². The Balaban J connectivity index is 2.34. The number of rotatable bonds is 6. The van der Waals surface area contributed by atoms with Crippen LogP contribution in [0, 0.1) is 0 Å². The topological polar surface area (TPSA) is 53.4 Å². The highest BCUT2D eigenvalue weighted by atomic mass is 16.7. The van der Waals surface area contributed by atoms with Gasteiger partial charge in [0.2, 0.25) is 5.43 Å². The fourth-order valence-corrected chi connectivity index (χ4v) is 1.97. The number of ether oxygens (including phenoxy) is 2. The second kappa shape index (κ2) is 6.45. The number of para-hydroxylation sites is 1. The molecule has 0 radical (unpaired) electrons. The molecule has 1 aromatic heterocycles. The standard InChI is InChI=1S/C14H18N2O3/c1-3-18-14(19-4-2)10-16-12-8-6-5-7-11(12)13(17)9-15-16/h5-9,14H,3-4,10H2,1-2H3. The molecule has 0 aliphatic rings. The summed E-state index contributed by atoms with van der Waals surface area (Å²) in [5.41, 5.74) is 0.718. The van der Waals surface area contributed by atoms with Crippen LogP contribution in [0.5, 0.6) is 0 Å². The molecule has 19 heavy (non-hydrogen) atoms. The molecule has 0 unspecified atom stereocenters. The molecular formula is C14H18N2O3. The fraction of sp³-hybridized carbons (Fsp3) is 0.429. The lowest BCUT2D eigenvalue weighted by molar-refractivity contribution is -0.144. The van der Waals surface area contributed by atoms with Crippen molar-refractivity contribution in [2.75, 3.05) is 13.2 Å². The largest absolute Gasteiger partial charge is 0.351 e. The van der Waals surface area contributed by atoms with Gasteiger partial charge in [-0.3, -0.25) is 9.48 Å². The van der Waals surface area contributed by atoms with E-state index in [2.05, 4.69) is 5.10 Å². The SMILES string of the molecule is CCOC(Cn1ncc(=O)c2ccccc21)OCC. The Morgan fingerprint density at radius 1 is 1.21 bits per heavy atom. The molecule has 0 fully saturated rings. The minimum Gasteiger partial charge on any atom is -0.351 e. The van der Waals surface area contributed by atoms with Gasteiger partial charge in [-0.1, -0.05) is 12.1 Å². The van der Waals surface area contributed by atoms with E-state index in [1.165, 1.54) is 6.20 Å². The Morgan fingerprint density at radius 3 is 2.58 bits per heavy atom. The first-order valence-corrected chi connectivity index (χ1v) is 6.44. The molecule has 0 saturated carbocycles. The third kappa shape index (κ3) is 3.19. The maximum atomic E-state index is 11.7. The van der Waals surface area contributed by atoms with Gasteiger partial charge in [-0.15, -0.1) is 0 Å². The van der Waals surface area contributed by atoms with Crippen molar-refractivity contribution < 1.29 is 9.47 Å². The van der Waals surface area contributed by atoms with Crippen LogP contribution in [-0.2, 0) is 16.0 Å². The molecule has 0 aliphatic carbocycles. The Morgan fingerprint density at radius 2 is 1.89 bits per heavy atom. The summed E-state index contributed by atoms with van der Waals surface area (Å²) in [5.74, 6) is 0. The predicted octanol–water partition coefficient (Wildman–Crippen LogP) is 1.80. The van der Waals surface area contributed by atoms with Crippen molar-refractivity contribution in [3.8, 4) is 0 Å². The van der Waals surface area contributed by atoms with Crippen LogP contribution in [0.2, 0.25) is 0 Å². The van der Waals surface area contributed by atoms with Crippen LogP contribution in [0.15, 0.2) is 35.3 Å². The predicted molar refractivity (Wildman–Crippen MR) is 73.0 cm³/mol. The lowest BCUT2D eigenvalue weighted by Crippen LogP contribution is -2.26. The van der Waals surface area contributed by atoms with Crippen molar-refractivity contribution in [3.63, 3.8) is 0 Å². The van der Waals surface area contributed by atoms with E-state index < -0.39 is 0 Å². The number of nitrogens with zero attached hydrogens (tertiary/aromatic N) is 2. The van der Waals surface area contributed by atoms with Gasteiger partial charge in [-0.25, -0.2) is 0 Å². The average molecular weight is 262 g/mol. The van der Waals surface area contributed by atoms with Gasteiger partial charge in [0.05, 0.1) is 18.3 Å². The van der Waals surface area contributed by atoms with Crippen molar-refractivity contribution >= 4 is 10.9 Å². The summed E-state index contributed by atoms with van der Waals surface area (Å²) in [7, 11) is 0. The summed E-state index contributed by atoms with van der Waals surface area (Å²) >= 11 is 0. The zero-order chi connectivity index (χ0) is 13.7. The van der Waals surface area contributed by atoms with Gasteiger partial charge in [-0.05, 0) is 26.0 Å². The van der Waals surface area contributed by atoms with E-state index in [0.29, 0.717) is 25.1 Å². The highest BCUT2D eigenvalue weighted by Gasteiger charge is 2.11. The molecule has 0 spiro atoms. The normalized spacial score (nSPS) is 11.3. The molecule has 1 aromatic carbocycles. The maximum Gasteiger partial charge on any atom is 0.207 e. The molecule has 102 valence electrons. The fourth-order valence-electron chi connectivity index (χ4n) is 1.97. The number of hydrogen-bond donors (Lipinski definition) is 0. The average Bonchev–Trinajstić information content (AvgIpc) is 2.43. The van der Waals surface area contributed by atoms with Crippen molar-refractivity contribution in [1.82, 2.24) is 9.78 Å². The van der Waals surface area contributed by atoms with Crippen LogP contribution < -0.4 is 5.43 Å². The molecule has 0 aliphatic heterocycles. The minimum absolute atomic E-state index is 0.0729. The van der Waals surface area contributed by atoms with E-state index in [1.807, 2.05) is 32.0 Å². The molecule has 2 rings (SSSR count). The molecule has 0 amide bonds. The zero-order valence-electron chi connectivity index (χ0n) is 11.2. The zero-order valence-corrected chi connectivity index (χ0v) is 11.2. The first-order valence-electron chi connectivity index (χ1n) is 6.44. The van der Waals surface area contributed by atoms with Crippen LogP contribution in [0.25, 0.3) is 10.9 Å². The molecular weight excluding hydrogens is 244 g/mol. The molecule has 0 N–H and O–H groups in total. The first kappa shape index (κ1) is 13.7. The molecule has 5 heteroatoms. The van der Waals surface area contributed by atoms with Crippen molar-refractivity contribution in [2.45, 2.75) is 26.7 Å². The number of fused-ring (bicyclic) bond motifs is 1. The van der Waals surface area contributed by atoms with Gasteiger partial charge in [0.25, 0.3) is 0 Å². The molecule has 0 bridgehead atoms. The Labute approximate surface area is 111 Å². The van der Waals surface area contributed by atoms with Crippen LogP contribution in [0.4, 0.5) is 0 Å². The second-order valence-electron chi connectivity index (χ2n) is 4.05. The summed E-state index contributed by atoms with van der Waals surface area (Å²) < 4.78 is 12.8. The summed E-state index contributed by atoms with van der Waals surface area (Å²) in [5, 5.41) is 4.81. The van der Waals surface area contributed by atoms with Crippen LogP contribution in [0.1, 0.15) is 13.8 Å². The van der Waals surface area contributed by atoms with Gasteiger partial charge < -0.3 is 9.47 Å². The maximum absolute atomic E-state index is 11.7. The van der Waals surface area contributed by atoms with Crippen LogP contribution in [0.3, 0.4) is 0 Å². The summed E-state index contributed by atoms with van der Waals surface area (Å²) in [6.07, 6.45) is 0.977. The third-order valence-corrected chi connectivity index (χ3v) is 2.79. The monoisotopic (exact) mass is 262 g/mol. The van der Waals surface area contributed by atoms with Crippen molar-refractivity contribution in [1.29, 1.82) is 0 Å². The summed E-state index contributed by atoms with van der Waals surface area (Å²) in [6, 6.07) is 7.40. The van der Waals surface area contributed by atoms with E-state index in [-0.39, 0.29) is 11.7 Å². The quantitative estimate of drug-likeness (QED) is 0.745. The number of benzene rings is 1. The summed E-state index contributed by atoms with van der Waals surface area (Å²) in [4.78, 5) is 11.7. The highest BCUT2D eigenvalue weighted by Crippen LogP contribution is 2.09. The van der Waals surface area contributed by atoms with E-state index >= 15 is 0 Å². The summed E-state index contributed by atoms with van der Waals surface area (Å²) in [6.45, 7) is 5.44. The third-order valence-electron chi connectivity index (χ3n) is 2.79. The molecule has 1 heterocycles. The Kier molecular flexibility index (Phi) is 4.65. The molecule has 0 saturated heterocycles. The lowest BCUT2D eigenvalue weighted by Gasteiger charge is -2.18. The minimum atomic E-state index is -0.353. The van der Waals surface area contributed by atoms with E-state index in [9.17, 15) is 4.79 Å². The molecule has 2 aromatic rings. The van der Waals surface area contributed by atoms with Crippen molar-refractivity contribution in [2.24, 2.45) is 0 Å². The molecule has 5 nitrogen and oxygen atoms in total. The second-order valence-corrected chi connectivity index (χ2v) is 4.05. The van der Waals surface area contributed by atoms with Gasteiger partial charge >= 0.3 is 0 Å². The lowest BCUT2D eigenvalue weighted by atomic mass is 10.2. The Bertz CT molecular complexity index is 589. The number of hydrogen-bond acceptors (Lipinski definition) is 4. The van der Waals surface area contributed by atoms with Gasteiger partial charge in [0.1, 0.15) is 0 Å². The smallest absolute Gasteiger partial charge is 0.207 e. The van der Waals surface area contributed by atoms with Crippen LogP contribution in [-0.4, -0.2) is 29.3 Å².